The van der Waals surface area contributed by atoms with Crippen LogP contribution >= 0.6 is 0 Å². The van der Waals surface area contributed by atoms with Crippen molar-refractivity contribution in [3.05, 3.63) is 35.9 Å². The first-order valence-electron chi connectivity index (χ1n) is 6.64. The average Bonchev–Trinajstić information content (AvgIpc) is 2.68. The predicted octanol–water partition coefficient (Wildman–Crippen LogP) is 1.58. The molecule has 0 aliphatic carbocycles. The standard InChI is InChI=1S/C15H18O6/c1-15(2)20-12(14(18)21-15)11(13(16)17)9-19-8-10-6-4-3-5-7-10/h3-7,11-12H,8-9H2,1-2H3,(H,16,17)/t11-,12+/m0/s1. The molecule has 2 rings (SSSR count). The number of aliphatic carboxylic acids is 1. The van der Waals surface area contributed by atoms with Crippen molar-refractivity contribution in [2.45, 2.75) is 32.3 Å². The number of hydrogen-bond donors (Lipinski definition) is 1. The van der Waals surface area contributed by atoms with Crippen LogP contribution in [0, 0.1) is 5.92 Å². The first kappa shape index (κ1) is 15.5. The van der Waals surface area contributed by atoms with Gasteiger partial charge in [0.2, 0.25) is 5.79 Å². The monoisotopic (exact) mass is 294 g/mol. The molecular weight excluding hydrogens is 276 g/mol. The molecule has 1 fully saturated rings. The van der Waals surface area contributed by atoms with Crippen molar-refractivity contribution in [3.8, 4) is 0 Å². The maximum atomic E-state index is 11.7. The quantitative estimate of drug-likeness (QED) is 0.802. The third-order valence-corrected chi connectivity index (χ3v) is 3.08. The maximum absolute atomic E-state index is 11.7. The second kappa shape index (κ2) is 6.24. The van der Waals surface area contributed by atoms with Crippen molar-refractivity contribution in [2.75, 3.05) is 6.61 Å². The van der Waals surface area contributed by atoms with Gasteiger partial charge in [0.1, 0.15) is 5.92 Å². The fourth-order valence-corrected chi connectivity index (χ4v) is 2.09. The minimum Gasteiger partial charge on any atom is -0.481 e. The maximum Gasteiger partial charge on any atom is 0.338 e. The molecule has 6 heteroatoms. The summed E-state index contributed by atoms with van der Waals surface area (Å²) in [6, 6.07) is 9.37. The Kier molecular flexibility index (Phi) is 4.59. The highest BCUT2D eigenvalue weighted by atomic mass is 16.8. The largest absolute Gasteiger partial charge is 0.481 e. The highest BCUT2D eigenvalue weighted by Crippen LogP contribution is 2.28. The number of carbonyl (C=O) groups is 2. The Morgan fingerprint density at radius 1 is 1.38 bits per heavy atom. The number of esters is 1. The van der Waals surface area contributed by atoms with E-state index in [2.05, 4.69) is 0 Å². The molecule has 1 aliphatic rings. The minimum absolute atomic E-state index is 0.125. The first-order chi connectivity index (χ1) is 9.89. The summed E-state index contributed by atoms with van der Waals surface area (Å²) in [5, 5.41) is 9.25. The Hall–Kier alpha value is -1.92. The van der Waals surface area contributed by atoms with Crippen molar-refractivity contribution >= 4 is 11.9 Å². The molecular formula is C15H18O6. The molecule has 1 aromatic rings. The minimum atomic E-state index is -1.15. The Balaban J connectivity index is 1.94. The van der Waals surface area contributed by atoms with Crippen LogP contribution in [-0.2, 0) is 30.4 Å². The van der Waals surface area contributed by atoms with E-state index in [1.54, 1.807) is 13.8 Å². The summed E-state index contributed by atoms with van der Waals surface area (Å²) in [5.41, 5.74) is 0.928. The second-order valence-electron chi connectivity index (χ2n) is 5.30. The zero-order chi connectivity index (χ0) is 15.5. The number of carboxylic acid groups (broad SMARTS) is 1. The molecule has 0 bridgehead atoms. The molecule has 0 unspecified atom stereocenters. The van der Waals surface area contributed by atoms with Crippen LogP contribution in [0.2, 0.25) is 0 Å². The van der Waals surface area contributed by atoms with Gasteiger partial charge in [-0.05, 0) is 5.56 Å². The van der Waals surface area contributed by atoms with Gasteiger partial charge < -0.3 is 19.3 Å². The van der Waals surface area contributed by atoms with Gasteiger partial charge in [0, 0.05) is 13.8 Å². The summed E-state index contributed by atoms with van der Waals surface area (Å²) in [6.07, 6.45) is -1.15. The van der Waals surface area contributed by atoms with Crippen molar-refractivity contribution < 1.29 is 28.9 Å². The summed E-state index contributed by atoms with van der Waals surface area (Å²) >= 11 is 0. The lowest BCUT2D eigenvalue weighted by Gasteiger charge is -2.19. The van der Waals surface area contributed by atoms with E-state index < -0.39 is 29.7 Å². The zero-order valence-electron chi connectivity index (χ0n) is 11.9. The topological polar surface area (TPSA) is 82.1 Å². The van der Waals surface area contributed by atoms with Gasteiger partial charge in [-0.3, -0.25) is 4.79 Å². The van der Waals surface area contributed by atoms with E-state index in [1.165, 1.54) is 0 Å². The molecule has 6 nitrogen and oxygen atoms in total. The molecule has 2 atom stereocenters. The van der Waals surface area contributed by atoms with Gasteiger partial charge in [-0.15, -0.1) is 0 Å². The smallest absolute Gasteiger partial charge is 0.338 e. The predicted molar refractivity (Wildman–Crippen MR) is 72.3 cm³/mol. The highest BCUT2D eigenvalue weighted by molar-refractivity contribution is 5.84. The molecule has 1 N–H and O–H groups in total. The molecule has 0 radical (unpaired) electrons. The SMILES string of the molecule is CC1(C)OC(=O)[C@@H]([C@H](COCc2ccccc2)C(=O)O)O1. The van der Waals surface area contributed by atoms with E-state index in [-0.39, 0.29) is 13.2 Å². The lowest BCUT2D eigenvalue weighted by atomic mass is 10.0. The number of carbonyl (C=O) groups excluding carboxylic acids is 1. The van der Waals surface area contributed by atoms with Gasteiger partial charge in [0.05, 0.1) is 13.2 Å². The summed E-state index contributed by atoms with van der Waals surface area (Å²) in [5.74, 6) is -4.02. The Morgan fingerprint density at radius 2 is 2.05 bits per heavy atom. The Bertz CT molecular complexity index is 510. The van der Waals surface area contributed by atoms with Gasteiger partial charge in [-0.1, -0.05) is 30.3 Å². The van der Waals surface area contributed by atoms with Crippen LogP contribution in [0.3, 0.4) is 0 Å². The number of rotatable bonds is 6. The number of cyclic esters (lactones) is 1. The number of ether oxygens (including phenoxy) is 3. The van der Waals surface area contributed by atoms with Crippen LogP contribution in [0.15, 0.2) is 30.3 Å². The van der Waals surface area contributed by atoms with Crippen molar-refractivity contribution in [1.82, 2.24) is 0 Å². The van der Waals surface area contributed by atoms with Crippen molar-refractivity contribution in [1.29, 1.82) is 0 Å². The van der Waals surface area contributed by atoms with Crippen LogP contribution in [0.5, 0.6) is 0 Å². The van der Waals surface area contributed by atoms with E-state index in [0.717, 1.165) is 5.56 Å². The summed E-state index contributed by atoms with van der Waals surface area (Å²) < 4.78 is 15.7. The first-order valence-corrected chi connectivity index (χ1v) is 6.64. The van der Waals surface area contributed by atoms with E-state index >= 15 is 0 Å². The van der Waals surface area contributed by atoms with Crippen molar-refractivity contribution in [3.63, 3.8) is 0 Å². The summed E-state index contributed by atoms with van der Waals surface area (Å²) in [7, 11) is 0. The summed E-state index contributed by atoms with van der Waals surface area (Å²) in [6.45, 7) is 3.28. The molecule has 1 aromatic carbocycles. The van der Waals surface area contributed by atoms with Crippen LogP contribution in [0.1, 0.15) is 19.4 Å². The Morgan fingerprint density at radius 3 is 2.57 bits per heavy atom. The fourth-order valence-electron chi connectivity index (χ4n) is 2.09. The number of hydrogen-bond acceptors (Lipinski definition) is 5. The third-order valence-electron chi connectivity index (χ3n) is 3.08. The van der Waals surface area contributed by atoms with Crippen molar-refractivity contribution in [2.24, 2.45) is 5.92 Å². The van der Waals surface area contributed by atoms with E-state index in [0.29, 0.717) is 0 Å². The molecule has 0 saturated carbocycles. The molecule has 0 aromatic heterocycles. The molecule has 1 heterocycles. The van der Waals surface area contributed by atoms with Gasteiger partial charge in [0.15, 0.2) is 6.10 Å². The molecule has 0 spiro atoms. The van der Waals surface area contributed by atoms with Gasteiger partial charge in [0.25, 0.3) is 0 Å². The van der Waals surface area contributed by atoms with Gasteiger partial charge >= 0.3 is 11.9 Å². The molecule has 1 aliphatic heterocycles. The number of benzene rings is 1. The van der Waals surface area contributed by atoms with Crippen LogP contribution in [0.25, 0.3) is 0 Å². The zero-order valence-corrected chi connectivity index (χ0v) is 11.9. The molecule has 21 heavy (non-hydrogen) atoms. The van der Waals surface area contributed by atoms with Gasteiger partial charge in [-0.25, -0.2) is 4.79 Å². The fraction of sp³-hybridized carbons (Fsp3) is 0.467. The van der Waals surface area contributed by atoms with E-state index in [1.807, 2.05) is 30.3 Å². The molecule has 0 amide bonds. The third kappa shape index (κ3) is 4.03. The van der Waals surface area contributed by atoms with E-state index in [4.69, 9.17) is 14.2 Å². The highest BCUT2D eigenvalue weighted by Gasteiger charge is 2.47. The lowest BCUT2D eigenvalue weighted by Crippen LogP contribution is -2.37. The molecule has 114 valence electrons. The second-order valence-corrected chi connectivity index (χ2v) is 5.30. The van der Waals surface area contributed by atoms with Crippen LogP contribution in [0.4, 0.5) is 0 Å². The van der Waals surface area contributed by atoms with Gasteiger partial charge in [-0.2, -0.15) is 0 Å². The molecule has 1 saturated heterocycles. The normalized spacial score (nSPS) is 21.8. The Labute approximate surface area is 122 Å². The summed E-state index contributed by atoms with van der Waals surface area (Å²) in [4.78, 5) is 23.0. The average molecular weight is 294 g/mol. The van der Waals surface area contributed by atoms with Crippen LogP contribution < -0.4 is 0 Å². The van der Waals surface area contributed by atoms with Crippen LogP contribution in [-0.4, -0.2) is 35.5 Å². The number of carboxylic acids is 1. The van der Waals surface area contributed by atoms with E-state index in [9.17, 15) is 14.7 Å². The lowest BCUT2D eigenvalue weighted by molar-refractivity contribution is -0.165.